The lowest BCUT2D eigenvalue weighted by Gasteiger charge is -2.23. The van der Waals surface area contributed by atoms with Gasteiger partial charge in [-0.25, -0.2) is 0 Å². The first-order chi connectivity index (χ1) is 12.7. The van der Waals surface area contributed by atoms with Gasteiger partial charge in [0.2, 0.25) is 0 Å². The fourth-order valence-corrected chi connectivity index (χ4v) is 4.67. The Morgan fingerprint density at radius 2 is 1.70 bits per heavy atom. The van der Waals surface area contributed by atoms with E-state index in [2.05, 4.69) is 95.4 Å². The molecule has 1 atom stereocenters. The molecular formula is C24H30N2S. The molecule has 0 bridgehead atoms. The van der Waals surface area contributed by atoms with E-state index in [4.69, 9.17) is 4.99 Å². The zero-order valence-electron chi connectivity index (χ0n) is 17.3. The first-order valence-electron chi connectivity index (χ1n) is 9.56. The highest BCUT2D eigenvalue weighted by molar-refractivity contribution is 8.14. The Kier molecular flexibility index (Phi) is 5.81. The summed E-state index contributed by atoms with van der Waals surface area (Å²) in [5.74, 6) is 1.06. The Morgan fingerprint density at radius 3 is 2.26 bits per heavy atom. The van der Waals surface area contributed by atoms with Gasteiger partial charge in [0, 0.05) is 17.1 Å². The molecule has 1 unspecified atom stereocenters. The third-order valence-corrected chi connectivity index (χ3v) is 5.96. The Labute approximate surface area is 168 Å². The molecule has 2 aromatic carbocycles. The summed E-state index contributed by atoms with van der Waals surface area (Å²) in [6.07, 6.45) is 2.21. The molecule has 0 saturated heterocycles. The average Bonchev–Trinajstić information content (AvgIpc) is 3.06. The normalized spacial score (nSPS) is 17.8. The number of thioether (sulfide) groups is 1. The van der Waals surface area contributed by atoms with Crippen LogP contribution in [0.3, 0.4) is 0 Å². The van der Waals surface area contributed by atoms with Gasteiger partial charge >= 0.3 is 0 Å². The van der Waals surface area contributed by atoms with E-state index in [1.807, 2.05) is 11.8 Å². The lowest BCUT2D eigenvalue weighted by atomic mass is 9.88. The number of rotatable bonds is 4. The van der Waals surface area contributed by atoms with E-state index >= 15 is 0 Å². The summed E-state index contributed by atoms with van der Waals surface area (Å²) in [4.78, 5) is 4.99. The molecule has 0 saturated carbocycles. The van der Waals surface area contributed by atoms with E-state index in [0.717, 1.165) is 16.5 Å². The number of aliphatic imine (C=N–C) groups is 1. The second-order valence-electron chi connectivity index (χ2n) is 8.48. The molecule has 0 fully saturated rings. The number of benzene rings is 2. The molecule has 0 aliphatic carbocycles. The van der Waals surface area contributed by atoms with E-state index in [1.165, 1.54) is 27.9 Å². The minimum Gasteiger partial charge on any atom is -0.355 e. The van der Waals surface area contributed by atoms with Crippen molar-refractivity contribution in [3.63, 3.8) is 0 Å². The Balaban J connectivity index is 1.99. The number of hydrogen-bond donors (Lipinski definition) is 1. The Hall–Kier alpha value is -2.00. The van der Waals surface area contributed by atoms with E-state index in [-0.39, 0.29) is 5.41 Å². The Bertz CT molecular complexity index is 850. The SMILES string of the molecule is Cc1cc(C)c(NC(=CC2=NC(C(C)(C)C)CS2)c2ccccc2)c(C)c1. The molecule has 0 spiro atoms. The molecule has 0 aromatic heterocycles. The van der Waals surface area contributed by atoms with Crippen molar-refractivity contribution < 1.29 is 0 Å². The summed E-state index contributed by atoms with van der Waals surface area (Å²) < 4.78 is 0. The molecule has 1 heterocycles. The van der Waals surface area contributed by atoms with Crippen LogP contribution in [-0.2, 0) is 0 Å². The predicted molar refractivity (Wildman–Crippen MR) is 122 cm³/mol. The number of nitrogens with one attached hydrogen (secondary N) is 1. The Morgan fingerprint density at radius 1 is 1.07 bits per heavy atom. The molecule has 1 aliphatic heterocycles. The van der Waals surface area contributed by atoms with Gasteiger partial charge in [-0.2, -0.15) is 0 Å². The highest BCUT2D eigenvalue weighted by Gasteiger charge is 2.28. The van der Waals surface area contributed by atoms with Gasteiger partial charge in [-0.15, -0.1) is 11.8 Å². The molecule has 3 heteroatoms. The van der Waals surface area contributed by atoms with Crippen LogP contribution in [0.15, 0.2) is 53.5 Å². The van der Waals surface area contributed by atoms with Crippen molar-refractivity contribution in [3.8, 4) is 0 Å². The largest absolute Gasteiger partial charge is 0.355 e. The van der Waals surface area contributed by atoms with Crippen LogP contribution in [0.1, 0.15) is 43.0 Å². The first kappa shape index (κ1) is 19.8. The average molecular weight is 379 g/mol. The van der Waals surface area contributed by atoms with Gasteiger partial charge in [0.15, 0.2) is 0 Å². The van der Waals surface area contributed by atoms with Gasteiger partial charge in [0.25, 0.3) is 0 Å². The van der Waals surface area contributed by atoms with Crippen LogP contribution in [0.5, 0.6) is 0 Å². The van der Waals surface area contributed by atoms with Gasteiger partial charge in [-0.05, 0) is 49.0 Å². The molecule has 2 nitrogen and oxygen atoms in total. The van der Waals surface area contributed by atoms with Crippen LogP contribution >= 0.6 is 11.8 Å². The second kappa shape index (κ2) is 7.93. The van der Waals surface area contributed by atoms with Crippen molar-refractivity contribution in [2.24, 2.45) is 10.4 Å². The minimum absolute atomic E-state index is 0.201. The molecule has 3 rings (SSSR count). The predicted octanol–water partition coefficient (Wildman–Crippen LogP) is 6.62. The molecule has 1 N–H and O–H groups in total. The lowest BCUT2D eigenvalue weighted by Crippen LogP contribution is -2.24. The smallest absolute Gasteiger partial charge is 0.0930 e. The summed E-state index contributed by atoms with van der Waals surface area (Å²) in [6, 6.07) is 15.4. The van der Waals surface area contributed by atoms with E-state index in [1.54, 1.807) is 0 Å². The first-order valence-corrected chi connectivity index (χ1v) is 10.5. The molecule has 1 aliphatic rings. The lowest BCUT2D eigenvalue weighted by molar-refractivity contribution is 0.349. The van der Waals surface area contributed by atoms with Crippen molar-refractivity contribution in [1.29, 1.82) is 0 Å². The maximum absolute atomic E-state index is 4.99. The van der Waals surface area contributed by atoms with Gasteiger partial charge in [0.1, 0.15) is 0 Å². The van der Waals surface area contributed by atoms with Gasteiger partial charge in [-0.1, -0.05) is 68.8 Å². The van der Waals surface area contributed by atoms with Crippen molar-refractivity contribution >= 4 is 28.2 Å². The highest BCUT2D eigenvalue weighted by atomic mass is 32.2. The zero-order valence-corrected chi connectivity index (χ0v) is 18.1. The van der Waals surface area contributed by atoms with Crippen molar-refractivity contribution in [2.45, 2.75) is 47.6 Å². The monoisotopic (exact) mass is 378 g/mol. The van der Waals surface area contributed by atoms with Gasteiger partial charge < -0.3 is 5.32 Å². The van der Waals surface area contributed by atoms with Crippen LogP contribution in [-0.4, -0.2) is 16.8 Å². The maximum Gasteiger partial charge on any atom is 0.0930 e. The zero-order chi connectivity index (χ0) is 19.6. The molecule has 2 aromatic rings. The second-order valence-corrected chi connectivity index (χ2v) is 9.52. The quantitative estimate of drug-likeness (QED) is 0.646. The minimum atomic E-state index is 0.201. The van der Waals surface area contributed by atoms with Gasteiger partial charge in [0.05, 0.1) is 11.1 Å². The van der Waals surface area contributed by atoms with Crippen molar-refractivity contribution in [3.05, 3.63) is 70.8 Å². The number of nitrogens with zero attached hydrogens (tertiary/aromatic N) is 1. The molecular weight excluding hydrogens is 348 g/mol. The van der Waals surface area contributed by atoms with E-state index in [9.17, 15) is 0 Å². The summed E-state index contributed by atoms with van der Waals surface area (Å²) in [7, 11) is 0. The molecule has 142 valence electrons. The van der Waals surface area contributed by atoms with E-state index in [0.29, 0.717) is 6.04 Å². The van der Waals surface area contributed by atoms with Crippen molar-refractivity contribution in [2.75, 3.05) is 11.1 Å². The third-order valence-electron chi connectivity index (χ3n) is 4.96. The fourth-order valence-electron chi connectivity index (χ4n) is 3.36. The van der Waals surface area contributed by atoms with Crippen molar-refractivity contribution in [1.82, 2.24) is 0 Å². The topological polar surface area (TPSA) is 24.4 Å². The standard InChI is InChI=1S/C24H30N2S/c1-16-12-17(2)23(18(3)13-16)25-20(19-10-8-7-9-11-19)14-22-26-21(15-27-22)24(4,5)6/h7-14,21,25H,15H2,1-6H3. The fraction of sp³-hybridized carbons (Fsp3) is 0.375. The molecule has 0 radical (unpaired) electrons. The highest BCUT2D eigenvalue weighted by Crippen LogP contribution is 2.33. The number of hydrogen-bond acceptors (Lipinski definition) is 3. The van der Waals surface area contributed by atoms with E-state index < -0.39 is 0 Å². The summed E-state index contributed by atoms with van der Waals surface area (Å²) in [6.45, 7) is 13.3. The van der Waals surface area contributed by atoms with Crippen LogP contribution in [0, 0.1) is 26.2 Å². The summed E-state index contributed by atoms with van der Waals surface area (Å²) >= 11 is 1.86. The number of anilines is 1. The third kappa shape index (κ3) is 4.84. The van der Waals surface area contributed by atoms with Gasteiger partial charge in [-0.3, -0.25) is 4.99 Å². The van der Waals surface area contributed by atoms with Crippen LogP contribution in [0.2, 0.25) is 0 Å². The van der Waals surface area contributed by atoms with Crippen LogP contribution in [0.4, 0.5) is 5.69 Å². The maximum atomic E-state index is 4.99. The van der Waals surface area contributed by atoms with Crippen LogP contribution in [0.25, 0.3) is 5.70 Å². The van der Waals surface area contributed by atoms with Crippen LogP contribution < -0.4 is 5.32 Å². The summed E-state index contributed by atoms with van der Waals surface area (Å²) in [5, 5.41) is 4.82. The molecule has 0 amide bonds. The number of aryl methyl sites for hydroxylation is 3. The molecule has 27 heavy (non-hydrogen) atoms. The summed E-state index contributed by atoms with van der Waals surface area (Å²) in [5.41, 5.74) is 7.50.